The first-order chi connectivity index (χ1) is 9.18. The third-order valence-corrected chi connectivity index (χ3v) is 3.82. The first-order valence-corrected chi connectivity index (χ1v) is 7.01. The van der Waals surface area contributed by atoms with Crippen LogP contribution in [-0.4, -0.2) is 16.9 Å². The van der Waals surface area contributed by atoms with E-state index in [-0.39, 0.29) is 18.1 Å². The molecule has 0 aliphatic heterocycles. The molecular formula is C16H20O3. The summed E-state index contributed by atoms with van der Waals surface area (Å²) in [6.45, 7) is 0. The van der Waals surface area contributed by atoms with Crippen LogP contribution in [0, 0.1) is 0 Å². The lowest BCUT2D eigenvalue weighted by Crippen LogP contribution is -2.18. The normalized spacial score (nSPS) is 17.8. The van der Waals surface area contributed by atoms with Crippen molar-refractivity contribution in [1.82, 2.24) is 0 Å². The molecule has 1 unspecified atom stereocenters. The van der Waals surface area contributed by atoms with E-state index in [4.69, 9.17) is 5.11 Å². The number of carboxylic acids is 1. The Morgan fingerprint density at radius 1 is 1.16 bits per heavy atom. The topological polar surface area (TPSA) is 54.4 Å². The van der Waals surface area contributed by atoms with Gasteiger partial charge >= 0.3 is 5.97 Å². The third kappa shape index (κ3) is 3.66. The van der Waals surface area contributed by atoms with Gasteiger partial charge in [-0.05, 0) is 43.2 Å². The summed E-state index contributed by atoms with van der Waals surface area (Å²) in [5.41, 5.74) is 2.50. The molecule has 0 amide bonds. The largest absolute Gasteiger partial charge is 0.481 e. The quantitative estimate of drug-likeness (QED) is 0.798. The zero-order chi connectivity index (χ0) is 13.7. The molecule has 1 aromatic carbocycles. The summed E-state index contributed by atoms with van der Waals surface area (Å²) >= 11 is 0. The van der Waals surface area contributed by atoms with E-state index in [2.05, 4.69) is 12.1 Å². The highest BCUT2D eigenvalue weighted by molar-refractivity contribution is 5.86. The monoisotopic (exact) mass is 260 g/mol. The van der Waals surface area contributed by atoms with Crippen LogP contribution < -0.4 is 0 Å². The van der Waals surface area contributed by atoms with E-state index in [1.165, 1.54) is 11.1 Å². The standard InChI is InChI=1S/C16H20O3/c17-15(10-3-4-11-16(18)19)14-9-5-7-12-6-1-2-8-13(12)14/h1-2,6,8,14H,3-5,7,9-11H2,(H,18,19). The lowest BCUT2D eigenvalue weighted by atomic mass is 9.79. The number of aliphatic carboxylic acids is 1. The Kier molecular flexibility index (Phi) is 4.72. The Hall–Kier alpha value is -1.64. The maximum atomic E-state index is 12.3. The zero-order valence-electron chi connectivity index (χ0n) is 11.1. The summed E-state index contributed by atoms with van der Waals surface area (Å²) in [6, 6.07) is 8.20. The van der Waals surface area contributed by atoms with Gasteiger partial charge in [0, 0.05) is 18.8 Å². The van der Waals surface area contributed by atoms with Crippen molar-refractivity contribution in [3.05, 3.63) is 35.4 Å². The number of carboxylic acid groups (broad SMARTS) is 1. The summed E-state index contributed by atoms with van der Waals surface area (Å²) < 4.78 is 0. The number of carbonyl (C=O) groups excluding carboxylic acids is 1. The molecule has 102 valence electrons. The number of rotatable bonds is 6. The molecule has 3 heteroatoms. The van der Waals surface area contributed by atoms with Crippen LogP contribution in [0.3, 0.4) is 0 Å². The molecule has 0 bridgehead atoms. The van der Waals surface area contributed by atoms with E-state index in [1.807, 2.05) is 12.1 Å². The van der Waals surface area contributed by atoms with Crippen molar-refractivity contribution in [1.29, 1.82) is 0 Å². The fourth-order valence-corrected chi connectivity index (χ4v) is 2.84. The Labute approximate surface area is 113 Å². The van der Waals surface area contributed by atoms with E-state index in [0.717, 1.165) is 19.3 Å². The maximum absolute atomic E-state index is 12.3. The Balaban J connectivity index is 1.92. The summed E-state index contributed by atoms with van der Waals surface area (Å²) in [7, 11) is 0. The summed E-state index contributed by atoms with van der Waals surface area (Å²) in [6.07, 6.45) is 5.02. The molecule has 1 atom stereocenters. The molecule has 0 spiro atoms. The van der Waals surface area contributed by atoms with Gasteiger partial charge in [-0.25, -0.2) is 0 Å². The lowest BCUT2D eigenvalue weighted by molar-refractivity contribution is -0.137. The fraction of sp³-hybridized carbons (Fsp3) is 0.500. The summed E-state index contributed by atoms with van der Waals surface area (Å²) in [5.74, 6) is -0.470. The van der Waals surface area contributed by atoms with E-state index in [1.54, 1.807) is 0 Å². The lowest BCUT2D eigenvalue weighted by Gasteiger charge is -2.24. The highest BCUT2D eigenvalue weighted by Gasteiger charge is 2.25. The van der Waals surface area contributed by atoms with E-state index >= 15 is 0 Å². The maximum Gasteiger partial charge on any atom is 0.303 e. The van der Waals surface area contributed by atoms with E-state index < -0.39 is 5.97 Å². The van der Waals surface area contributed by atoms with Crippen LogP contribution >= 0.6 is 0 Å². The summed E-state index contributed by atoms with van der Waals surface area (Å²) in [4.78, 5) is 22.7. The molecule has 0 aromatic heterocycles. The van der Waals surface area contributed by atoms with Gasteiger partial charge in [-0.3, -0.25) is 9.59 Å². The number of fused-ring (bicyclic) bond motifs is 1. The van der Waals surface area contributed by atoms with Gasteiger partial charge in [0.25, 0.3) is 0 Å². The Bertz CT molecular complexity index is 465. The molecule has 0 heterocycles. The van der Waals surface area contributed by atoms with E-state index in [9.17, 15) is 9.59 Å². The minimum Gasteiger partial charge on any atom is -0.481 e. The molecule has 19 heavy (non-hydrogen) atoms. The van der Waals surface area contributed by atoms with Crippen LogP contribution in [-0.2, 0) is 16.0 Å². The highest BCUT2D eigenvalue weighted by Crippen LogP contribution is 2.33. The van der Waals surface area contributed by atoms with Crippen LogP contribution in [0.15, 0.2) is 24.3 Å². The number of aryl methyl sites for hydroxylation is 1. The smallest absolute Gasteiger partial charge is 0.303 e. The molecule has 3 nitrogen and oxygen atoms in total. The van der Waals surface area contributed by atoms with Crippen LogP contribution in [0.25, 0.3) is 0 Å². The molecule has 0 saturated carbocycles. The van der Waals surface area contributed by atoms with Crippen LogP contribution in [0.5, 0.6) is 0 Å². The second-order valence-electron chi connectivity index (χ2n) is 5.21. The van der Waals surface area contributed by atoms with Crippen molar-refractivity contribution < 1.29 is 14.7 Å². The van der Waals surface area contributed by atoms with Gasteiger partial charge in [-0.1, -0.05) is 24.3 Å². The molecule has 1 aromatic rings. The van der Waals surface area contributed by atoms with Crippen molar-refractivity contribution in [2.45, 2.75) is 50.9 Å². The highest BCUT2D eigenvalue weighted by atomic mass is 16.4. The minimum atomic E-state index is -0.782. The minimum absolute atomic E-state index is 0.0368. The van der Waals surface area contributed by atoms with Crippen molar-refractivity contribution in [2.24, 2.45) is 0 Å². The van der Waals surface area contributed by atoms with Crippen LogP contribution in [0.4, 0.5) is 0 Å². The van der Waals surface area contributed by atoms with Gasteiger partial charge in [0.1, 0.15) is 5.78 Å². The summed E-state index contributed by atoms with van der Waals surface area (Å²) in [5, 5.41) is 8.57. The molecule has 1 N–H and O–H groups in total. The van der Waals surface area contributed by atoms with Crippen molar-refractivity contribution >= 4 is 11.8 Å². The predicted molar refractivity (Wildman–Crippen MR) is 73.2 cm³/mol. The van der Waals surface area contributed by atoms with E-state index in [0.29, 0.717) is 19.3 Å². The Morgan fingerprint density at radius 2 is 1.89 bits per heavy atom. The predicted octanol–water partition coefficient (Wildman–Crippen LogP) is 3.32. The molecule has 1 aliphatic rings. The third-order valence-electron chi connectivity index (χ3n) is 3.82. The molecular weight excluding hydrogens is 240 g/mol. The SMILES string of the molecule is O=C(O)CCCCC(=O)C1CCCc2ccccc21. The number of Topliss-reactive ketones (excluding diaryl/α,β-unsaturated/α-hetero) is 1. The van der Waals surface area contributed by atoms with Gasteiger partial charge in [-0.15, -0.1) is 0 Å². The van der Waals surface area contributed by atoms with Gasteiger partial charge in [-0.2, -0.15) is 0 Å². The number of benzene rings is 1. The van der Waals surface area contributed by atoms with Crippen molar-refractivity contribution in [3.63, 3.8) is 0 Å². The fourth-order valence-electron chi connectivity index (χ4n) is 2.84. The number of ketones is 1. The molecule has 1 aliphatic carbocycles. The number of unbranched alkanes of at least 4 members (excludes halogenated alkanes) is 1. The molecule has 0 saturated heterocycles. The van der Waals surface area contributed by atoms with Gasteiger partial charge in [0.2, 0.25) is 0 Å². The zero-order valence-corrected chi connectivity index (χ0v) is 11.1. The number of hydrogen-bond donors (Lipinski definition) is 1. The van der Waals surface area contributed by atoms with Gasteiger partial charge in [0.05, 0.1) is 0 Å². The van der Waals surface area contributed by atoms with Crippen LogP contribution in [0.1, 0.15) is 55.6 Å². The second-order valence-corrected chi connectivity index (χ2v) is 5.21. The first-order valence-electron chi connectivity index (χ1n) is 7.01. The van der Waals surface area contributed by atoms with Gasteiger partial charge in [0.15, 0.2) is 0 Å². The molecule has 2 rings (SSSR count). The molecule has 0 radical (unpaired) electrons. The van der Waals surface area contributed by atoms with Crippen LogP contribution in [0.2, 0.25) is 0 Å². The van der Waals surface area contributed by atoms with Crippen molar-refractivity contribution in [3.8, 4) is 0 Å². The first kappa shape index (κ1) is 13.8. The average Bonchev–Trinajstić information content (AvgIpc) is 2.42. The number of hydrogen-bond acceptors (Lipinski definition) is 2. The Morgan fingerprint density at radius 3 is 2.68 bits per heavy atom. The number of carbonyl (C=O) groups is 2. The molecule has 0 fully saturated rings. The average molecular weight is 260 g/mol. The van der Waals surface area contributed by atoms with Gasteiger partial charge < -0.3 is 5.11 Å². The second kappa shape index (κ2) is 6.50. The van der Waals surface area contributed by atoms with Crippen molar-refractivity contribution in [2.75, 3.05) is 0 Å².